The summed E-state index contributed by atoms with van der Waals surface area (Å²) < 4.78 is 1.73. The van der Waals surface area contributed by atoms with E-state index in [0.29, 0.717) is 0 Å². The van der Waals surface area contributed by atoms with Crippen LogP contribution in [0.25, 0.3) is 6.20 Å². The number of halogens is 1. The first-order chi connectivity index (χ1) is 11.6. The fourth-order valence-corrected chi connectivity index (χ4v) is 3.04. The van der Waals surface area contributed by atoms with Crippen molar-refractivity contribution in [3.63, 3.8) is 0 Å². The van der Waals surface area contributed by atoms with Crippen LogP contribution in [0.1, 0.15) is 58.7 Å². The zero-order valence-corrected chi connectivity index (χ0v) is 16.1. The number of aromatic nitrogens is 2. The van der Waals surface area contributed by atoms with Gasteiger partial charge in [0.1, 0.15) is 0 Å². The number of hydrogen-bond donors (Lipinski definition) is 0. The van der Waals surface area contributed by atoms with Crippen LogP contribution in [0, 0.1) is 0 Å². The second kappa shape index (κ2) is 9.43. The highest BCUT2D eigenvalue weighted by Crippen LogP contribution is 2.39. The Morgan fingerprint density at radius 3 is 2.25 bits per heavy atom. The predicted octanol–water partition coefficient (Wildman–Crippen LogP) is 6.49. The summed E-state index contributed by atoms with van der Waals surface area (Å²) in [5, 5.41) is 5.46. The largest absolute Gasteiger partial charge is 0.242 e. The van der Waals surface area contributed by atoms with E-state index in [4.69, 9.17) is 16.7 Å². The molecule has 3 nitrogen and oxygen atoms in total. The van der Waals surface area contributed by atoms with Crippen molar-refractivity contribution in [1.29, 1.82) is 0 Å². The number of benzene rings is 1. The molecule has 0 saturated carbocycles. The maximum atomic E-state index is 6.04. The Morgan fingerprint density at radius 2 is 1.79 bits per heavy atom. The maximum Gasteiger partial charge on any atom is 0.154 e. The summed E-state index contributed by atoms with van der Waals surface area (Å²) >= 11 is 6.04. The molecular formula is C20H28ClN3. The number of hydrogen-bond acceptors (Lipinski definition) is 2. The van der Waals surface area contributed by atoms with Crippen molar-refractivity contribution >= 4 is 29.8 Å². The second-order valence-corrected chi connectivity index (χ2v) is 5.63. The van der Waals surface area contributed by atoms with Gasteiger partial charge in [0.2, 0.25) is 0 Å². The van der Waals surface area contributed by atoms with Crippen LogP contribution < -0.4 is 0 Å². The average molecular weight is 346 g/mol. The lowest BCUT2D eigenvalue weighted by Gasteiger charge is -2.30. The van der Waals surface area contributed by atoms with Gasteiger partial charge < -0.3 is 0 Å². The summed E-state index contributed by atoms with van der Waals surface area (Å²) in [5.74, 6) is 0.799. The van der Waals surface area contributed by atoms with E-state index < -0.39 is 0 Å². The lowest BCUT2D eigenvalue weighted by Crippen LogP contribution is -2.26. The summed E-state index contributed by atoms with van der Waals surface area (Å²) in [7, 11) is 0. The first-order valence-electron chi connectivity index (χ1n) is 8.58. The Morgan fingerprint density at radius 1 is 1.21 bits per heavy atom. The molecule has 0 spiro atoms. The molecule has 4 heteroatoms. The minimum absolute atomic E-state index is 0.142. The van der Waals surface area contributed by atoms with Crippen molar-refractivity contribution in [3.8, 4) is 0 Å². The molecule has 0 amide bonds. The van der Waals surface area contributed by atoms with Gasteiger partial charge in [-0.1, -0.05) is 58.0 Å². The normalized spacial score (nSPS) is 11.2. The molecule has 0 aliphatic heterocycles. The second-order valence-electron chi connectivity index (χ2n) is 5.20. The van der Waals surface area contributed by atoms with Crippen molar-refractivity contribution in [2.75, 3.05) is 0 Å². The minimum atomic E-state index is -0.142. The van der Waals surface area contributed by atoms with E-state index in [-0.39, 0.29) is 5.41 Å². The van der Waals surface area contributed by atoms with Crippen LogP contribution in [-0.2, 0) is 5.41 Å². The molecule has 0 bridgehead atoms. The van der Waals surface area contributed by atoms with Crippen LogP contribution in [-0.4, -0.2) is 16.0 Å². The Balaban J connectivity index is 0.00000139. The molecule has 1 aromatic heterocycles. The molecule has 0 aliphatic carbocycles. The van der Waals surface area contributed by atoms with Crippen molar-refractivity contribution in [2.45, 2.75) is 52.9 Å². The lowest BCUT2D eigenvalue weighted by molar-refractivity contribution is 0.461. The van der Waals surface area contributed by atoms with Gasteiger partial charge >= 0.3 is 0 Å². The smallest absolute Gasteiger partial charge is 0.154 e. The highest BCUT2D eigenvalue weighted by atomic mass is 35.5. The maximum absolute atomic E-state index is 6.04. The average Bonchev–Trinajstić information content (AvgIpc) is 3.03. The quantitative estimate of drug-likeness (QED) is 0.550. The molecule has 2 aromatic rings. The molecule has 0 N–H and O–H groups in total. The van der Waals surface area contributed by atoms with E-state index in [2.05, 4.69) is 37.6 Å². The highest BCUT2D eigenvalue weighted by Gasteiger charge is 2.33. The zero-order chi connectivity index (χ0) is 18.2. The van der Waals surface area contributed by atoms with Crippen LogP contribution in [0.15, 0.2) is 41.9 Å². The number of nitrogens with zero attached hydrogens (tertiary/aromatic N) is 3. The monoisotopic (exact) mass is 345 g/mol. The van der Waals surface area contributed by atoms with Gasteiger partial charge in [-0.3, -0.25) is 0 Å². The fourth-order valence-electron chi connectivity index (χ4n) is 2.92. The number of rotatable bonds is 6. The lowest BCUT2D eigenvalue weighted by atomic mass is 9.73. The van der Waals surface area contributed by atoms with Gasteiger partial charge in [0.15, 0.2) is 5.82 Å². The van der Waals surface area contributed by atoms with Gasteiger partial charge in [-0.15, -0.1) is 0 Å². The van der Waals surface area contributed by atoms with Crippen molar-refractivity contribution in [3.05, 3.63) is 53.2 Å². The molecule has 0 aliphatic rings. The van der Waals surface area contributed by atoms with Gasteiger partial charge in [0.05, 0.1) is 5.69 Å². The Labute approximate surface area is 151 Å². The van der Waals surface area contributed by atoms with Crippen LogP contribution in [0.2, 0.25) is 5.02 Å². The van der Waals surface area contributed by atoms with E-state index in [0.717, 1.165) is 29.4 Å². The highest BCUT2D eigenvalue weighted by molar-refractivity contribution is 6.30. The molecule has 0 unspecified atom stereocenters. The van der Waals surface area contributed by atoms with E-state index in [1.807, 2.05) is 39.0 Å². The zero-order valence-electron chi connectivity index (χ0n) is 15.4. The summed E-state index contributed by atoms with van der Waals surface area (Å²) in [5.41, 5.74) is 2.10. The summed E-state index contributed by atoms with van der Waals surface area (Å²) in [6.07, 6.45) is 5.36. The van der Waals surface area contributed by atoms with Gasteiger partial charge in [-0.05, 0) is 37.5 Å². The summed E-state index contributed by atoms with van der Waals surface area (Å²) in [6, 6.07) is 10.1. The van der Waals surface area contributed by atoms with Crippen molar-refractivity contribution < 1.29 is 0 Å². The van der Waals surface area contributed by atoms with Gasteiger partial charge in [-0.25, -0.2) is 9.67 Å². The van der Waals surface area contributed by atoms with Crippen molar-refractivity contribution in [2.24, 2.45) is 4.99 Å². The molecule has 2 rings (SSSR count). The van der Waals surface area contributed by atoms with Crippen LogP contribution >= 0.6 is 11.6 Å². The molecule has 0 atom stereocenters. The van der Waals surface area contributed by atoms with E-state index in [9.17, 15) is 0 Å². The fraction of sp³-hybridized carbons (Fsp3) is 0.400. The molecule has 0 radical (unpaired) electrons. The van der Waals surface area contributed by atoms with Crippen LogP contribution in [0.5, 0.6) is 0 Å². The van der Waals surface area contributed by atoms with E-state index >= 15 is 0 Å². The van der Waals surface area contributed by atoms with Crippen LogP contribution in [0.3, 0.4) is 0 Å². The standard InChI is InChI=1S/C18H22ClN3.C2H6/c1-5-18(6-2,14-9-11-15(19)12-10-14)16-13-17(20-7-3)22(8-4)21-16;1-2/h7-13H,4-6H2,1-3H3;1-2H3/b20-7-;. The number of aliphatic imine (C=N–C) groups is 1. The molecule has 1 heterocycles. The minimum Gasteiger partial charge on any atom is -0.242 e. The Bertz CT molecular complexity index is 665. The molecule has 24 heavy (non-hydrogen) atoms. The Hall–Kier alpha value is -1.87. The topological polar surface area (TPSA) is 30.2 Å². The van der Waals surface area contributed by atoms with E-state index in [1.54, 1.807) is 17.1 Å². The van der Waals surface area contributed by atoms with Crippen LogP contribution in [0.4, 0.5) is 5.82 Å². The van der Waals surface area contributed by atoms with Gasteiger partial charge in [0.25, 0.3) is 0 Å². The SMILES string of the molecule is C=Cn1nc(C(CC)(CC)c2ccc(Cl)cc2)cc1/N=C\C.CC. The first kappa shape index (κ1) is 20.2. The molecule has 0 saturated heterocycles. The van der Waals surface area contributed by atoms with Gasteiger partial charge in [0, 0.05) is 28.9 Å². The molecule has 1 aromatic carbocycles. The molecular weight excluding hydrogens is 318 g/mol. The first-order valence-corrected chi connectivity index (χ1v) is 8.96. The third kappa shape index (κ3) is 3.96. The summed E-state index contributed by atoms with van der Waals surface area (Å²) in [4.78, 5) is 4.37. The van der Waals surface area contributed by atoms with Gasteiger partial charge in [-0.2, -0.15) is 5.10 Å². The molecule has 130 valence electrons. The third-order valence-electron chi connectivity index (χ3n) is 4.24. The Kier molecular flexibility index (Phi) is 7.93. The van der Waals surface area contributed by atoms with E-state index in [1.165, 1.54) is 5.56 Å². The third-order valence-corrected chi connectivity index (χ3v) is 4.50. The predicted molar refractivity (Wildman–Crippen MR) is 107 cm³/mol. The van der Waals surface area contributed by atoms with Crippen molar-refractivity contribution in [1.82, 2.24) is 9.78 Å². The molecule has 0 fully saturated rings. The summed E-state index contributed by atoms with van der Waals surface area (Å²) in [6.45, 7) is 14.1.